The number of para-hydroxylation sites is 1. The number of aromatic amines is 1. The number of benzene rings is 1. The molecule has 21 heavy (non-hydrogen) atoms. The summed E-state index contributed by atoms with van der Waals surface area (Å²) in [6, 6.07) is 8.78. The van der Waals surface area contributed by atoms with Crippen LogP contribution in [0.1, 0.15) is 30.1 Å². The Kier molecular flexibility index (Phi) is 3.25. The van der Waals surface area contributed by atoms with E-state index in [0.717, 1.165) is 25.9 Å². The van der Waals surface area contributed by atoms with E-state index in [1.807, 2.05) is 0 Å². The van der Waals surface area contributed by atoms with Gasteiger partial charge in [-0.3, -0.25) is 4.90 Å². The molecule has 2 aromatic rings. The van der Waals surface area contributed by atoms with Gasteiger partial charge in [0.15, 0.2) is 0 Å². The standard InChI is InChI=1S/C17H22N2O2/c20-10-11-7-12(21)9-19-6-5-14-13-3-1-2-4-15(13)18-17(14)16(19)8-11/h1-4,11-12,16,18,20-21H,5-10H2/t11-,12-,16-/m0/s1. The average molecular weight is 286 g/mol. The van der Waals surface area contributed by atoms with Crippen LogP contribution in [0.5, 0.6) is 0 Å². The van der Waals surface area contributed by atoms with Crippen LogP contribution in [0.4, 0.5) is 0 Å². The van der Waals surface area contributed by atoms with E-state index in [1.54, 1.807) is 0 Å². The summed E-state index contributed by atoms with van der Waals surface area (Å²) < 4.78 is 0. The van der Waals surface area contributed by atoms with Crippen LogP contribution in [0.3, 0.4) is 0 Å². The lowest BCUT2D eigenvalue weighted by Gasteiger charge is -2.35. The molecule has 0 amide bonds. The fourth-order valence-electron chi connectivity index (χ4n) is 4.14. The highest BCUT2D eigenvalue weighted by Gasteiger charge is 2.36. The zero-order chi connectivity index (χ0) is 14.4. The Labute approximate surface area is 124 Å². The number of hydrogen-bond donors (Lipinski definition) is 3. The SMILES string of the molecule is OC[C@H]1C[C@H](O)CN2CCc3c([nH]c4ccccc34)[C@@H]2C1. The highest BCUT2D eigenvalue weighted by molar-refractivity contribution is 5.85. The maximum absolute atomic E-state index is 10.2. The first-order chi connectivity index (χ1) is 10.3. The van der Waals surface area contributed by atoms with Gasteiger partial charge in [0, 0.05) is 36.3 Å². The molecule has 1 aromatic heterocycles. The largest absolute Gasteiger partial charge is 0.396 e. The number of nitrogens with one attached hydrogen (secondary N) is 1. The van der Waals surface area contributed by atoms with Crippen molar-refractivity contribution in [1.82, 2.24) is 9.88 Å². The summed E-state index contributed by atoms with van der Waals surface area (Å²) in [5.41, 5.74) is 3.93. The second-order valence-corrected chi connectivity index (χ2v) is 6.50. The molecular formula is C17H22N2O2. The van der Waals surface area contributed by atoms with E-state index in [0.29, 0.717) is 12.5 Å². The summed E-state index contributed by atoms with van der Waals surface area (Å²) in [7, 11) is 0. The molecule has 2 aliphatic heterocycles. The maximum atomic E-state index is 10.2. The van der Waals surface area contributed by atoms with Crippen LogP contribution in [0.25, 0.3) is 10.9 Å². The minimum atomic E-state index is -0.321. The first kappa shape index (κ1) is 13.3. The molecular weight excluding hydrogens is 264 g/mol. The van der Waals surface area contributed by atoms with Gasteiger partial charge in [-0.15, -0.1) is 0 Å². The summed E-state index contributed by atoms with van der Waals surface area (Å²) in [6.45, 7) is 1.88. The summed E-state index contributed by atoms with van der Waals surface area (Å²) >= 11 is 0. The molecule has 1 saturated heterocycles. The molecule has 4 nitrogen and oxygen atoms in total. The Morgan fingerprint density at radius 1 is 1.24 bits per heavy atom. The van der Waals surface area contributed by atoms with E-state index >= 15 is 0 Å². The van der Waals surface area contributed by atoms with E-state index in [4.69, 9.17) is 0 Å². The van der Waals surface area contributed by atoms with Crippen molar-refractivity contribution in [3.05, 3.63) is 35.5 Å². The van der Waals surface area contributed by atoms with Crippen molar-refractivity contribution in [2.75, 3.05) is 19.7 Å². The molecule has 4 heteroatoms. The Balaban J connectivity index is 1.78. The van der Waals surface area contributed by atoms with Gasteiger partial charge in [-0.05, 0) is 36.8 Å². The number of aliphatic hydroxyl groups excluding tert-OH is 2. The van der Waals surface area contributed by atoms with Crippen LogP contribution in [-0.2, 0) is 6.42 Å². The van der Waals surface area contributed by atoms with Crippen molar-refractivity contribution in [3.63, 3.8) is 0 Å². The molecule has 3 N–H and O–H groups in total. The third-order valence-electron chi connectivity index (χ3n) is 5.14. The molecule has 112 valence electrons. The van der Waals surface area contributed by atoms with Crippen molar-refractivity contribution in [2.24, 2.45) is 5.92 Å². The van der Waals surface area contributed by atoms with Gasteiger partial charge in [0.2, 0.25) is 0 Å². The van der Waals surface area contributed by atoms with Gasteiger partial charge in [0.1, 0.15) is 0 Å². The third-order valence-corrected chi connectivity index (χ3v) is 5.14. The lowest BCUT2D eigenvalue weighted by Crippen LogP contribution is -2.38. The molecule has 0 unspecified atom stereocenters. The predicted octanol–water partition coefficient (Wildman–Crippen LogP) is 1.83. The van der Waals surface area contributed by atoms with Crippen molar-refractivity contribution in [2.45, 2.75) is 31.4 Å². The minimum Gasteiger partial charge on any atom is -0.396 e. The molecule has 0 saturated carbocycles. The van der Waals surface area contributed by atoms with Crippen molar-refractivity contribution < 1.29 is 10.2 Å². The molecule has 0 aliphatic carbocycles. The van der Waals surface area contributed by atoms with Gasteiger partial charge < -0.3 is 15.2 Å². The zero-order valence-corrected chi connectivity index (χ0v) is 12.1. The van der Waals surface area contributed by atoms with E-state index in [-0.39, 0.29) is 18.6 Å². The van der Waals surface area contributed by atoms with Crippen LogP contribution in [0, 0.1) is 5.92 Å². The molecule has 1 aromatic carbocycles. The van der Waals surface area contributed by atoms with E-state index in [9.17, 15) is 10.2 Å². The van der Waals surface area contributed by atoms with Crippen molar-refractivity contribution in [3.8, 4) is 0 Å². The Hall–Kier alpha value is -1.36. The molecule has 1 fully saturated rings. The molecule has 2 aliphatic rings. The second-order valence-electron chi connectivity index (χ2n) is 6.50. The number of aromatic nitrogens is 1. The molecule has 4 rings (SSSR count). The van der Waals surface area contributed by atoms with Gasteiger partial charge in [-0.1, -0.05) is 18.2 Å². The fourth-order valence-corrected chi connectivity index (χ4v) is 4.14. The van der Waals surface area contributed by atoms with Crippen LogP contribution in [0.2, 0.25) is 0 Å². The second kappa shape index (κ2) is 5.13. The van der Waals surface area contributed by atoms with E-state index in [1.165, 1.54) is 22.2 Å². The van der Waals surface area contributed by atoms with Gasteiger partial charge in [-0.2, -0.15) is 0 Å². The number of fused-ring (bicyclic) bond motifs is 5. The molecule has 0 radical (unpaired) electrons. The predicted molar refractivity (Wildman–Crippen MR) is 82.1 cm³/mol. The van der Waals surface area contributed by atoms with Crippen LogP contribution < -0.4 is 0 Å². The monoisotopic (exact) mass is 286 g/mol. The number of rotatable bonds is 1. The van der Waals surface area contributed by atoms with Crippen molar-refractivity contribution >= 4 is 10.9 Å². The van der Waals surface area contributed by atoms with Gasteiger partial charge in [0.05, 0.1) is 12.1 Å². The first-order valence-electron chi connectivity index (χ1n) is 7.88. The smallest absolute Gasteiger partial charge is 0.0670 e. The van der Waals surface area contributed by atoms with Crippen LogP contribution in [0.15, 0.2) is 24.3 Å². The highest BCUT2D eigenvalue weighted by Crippen LogP contribution is 2.40. The first-order valence-corrected chi connectivity index (χ1v) is 7.88. The Morgan fingerprint density at radius 2 is 2.10 bits per heavy atom. The number of hydrogen-bond acceptors (Lipinski definition) is 3. The molecule has 3 heterocycles. The fraction of sp³-hybridized carbons (Fsp3) is 0.529. The Morgan fingerprint density at radius 3 is 2.95 bits per heavy atom. The van der Waals surface area contributed by atoms with E-state index in [2.05, 4.69) is 34.1 Å². The summed E-state index contributed by atoms with van der Waals surface area (Å²) in [6.07, 6.45) is 2.34. The quantitative estimate of drug-likeness (QED) is 0.749. The van der Waals surface area contributed by atoms with Crippen LogP contribution >= 0.6 is 0 Å². The van der Waals surface area contributed by atoms with Gasteiger partial charge in [0.25, 0.3) is 0 Å². The normalized spacial score (nSPS) is 29.9. The average Bonchev–Trinajstić information content (AvgIpc) is 2.78. The Bertz CT molecular complexity index is 651. The number of aliphatic hydroxyl groups is 2. The third kappa shape index (κ3) is 2.18. The molecule has 0 bridgehead atoms. The summed E-state index contributed by atoms with van der Waals surface area (Å²) in [5.74, 6) is 0.187. The van der Waals surface area contributed by atoms with Crippen molar-refractivity contribution in [1.29, 1.82) is 0 Å². The maximum Gasteiger partial charge on any atom is 0.0670 e. The van der Waals surface area contributed by atoms with Gasteiger partial charge >= 0.3 is 0 Å². The lowest BCUT2D eigenvalue weighted by molar-refractivity contribution is 0.0920. The molecule has 0 spiro atoms. The minimum absolute atomic E-state index is 0.164. The summed E-state index contributed by atoms with van der Waals surface area (Å²) in [5, 5.41) is 21.1. The highest BCUT2D eigenvalue weighted by atomic mass is 16.3. The number of nitrogens with zero attached hydrogens (tertiary/aromatic N) is 1. The number of H-pyrrole nitrogens is 1. The van der Waals surface area contributed by atoms with Crippen LogP contribution in [-0.4, -0.2) is 45.9 Å². The zero-order valence-electron chi connectivity index (χ0n) is 12.1. The van der Waals surface area contributed by atoms with Gasteiger partial charge in [-0.25, -0.2) is 0 Å². The summed E-state index contributed by atoms with van der Waals surface area (Å²) in [4.78, 5) is 5.98. The lowest BCUT2D eigenvalue weighted by atomic mass is 9.91. The topological polar surface area (TPSA) is 59.5 Å². The van der Waals surface area contributed by atoms with E-state index < -0.39 is 0 Å². The molecule has 3 atom stereocenters.